The number of aryl methyl sites for hydroxylation is 2. The molecule has 0 bridgehead atoms. The Bertz CT molecular complexity index is 1200. The van der Waals surface area contributed by atoms with Crippen LogP contribution in [0.5, 0.6) is 5.75 Å². The van der Waals surface area contributed by atoms with Crippen molar-refractivity contribution in [3.63, 3.8) is 0 Å². The lowest BCUT2D eigenvalue weighted by Gasteiger charge is -2.19. The van der Waals surface area contributed by atoms with Crippen LogP contribution in [0.2, 0.25) is 0 Å². The highest BCUT2D eigenvalue weighted by atomic mass is 16.5. The normalized spacial score (nSPS) is 11.4. The van der Waals surface area contributed by atoms with Gasteiger partial charge in [-0.25, -0.2) is 0 Å². The highest BCUT2D eigenvalue weighted by molar-refractivity contribution is 5.94. The summed E-state index contributed by atoms with van der Waals surface area (Å²) < 4.78 is 6.08. The van der Waals surface area contributed by atoms with Crippen molar-refractivity contribution in [3.05, 3.63) is 136 Å². The lowest BCUT2D eigenvalue weighted by Crippen LogP contribution is -2.02. The Kier molecular flexibility index (Phi) is 6.87. The van der Waals surface area contributed by atoms with Crippen LogP contribution in [0.25, 0.3) is 11.6 Å². The molecular formula is C31H30O. The van der Waals surface area contributed by atoms with Gasteiger partial charge in [0.2, 0.25) is 0 Å². The van der Waals surface area contributed by atoms with Crippen molar-refractivity contribution in [1.29, 1.82) is 0 Å². The van der Waals surface area contributed by atoms with Crippen LogP contribution in [0.4, 0.5) is 0 Å². The van der Waals surface area contributed by atoms with E-state index in [0.717, 1.165) is 24.2 Å². The minimum atomic E-state index is 0.845. The van der Waals surface area contributed by atoms with E-state index in [1.54, 1.807) is 7.11 Å². The summed E-state index contributed by atoms with van der Waals surface area (Å²) in [6.07, 6.45) is 4.12. The Hall–Kier alpha value is -3.58. The lowest BCUT2D eigenvalue weighted by molar-refractivity contribution is 0.409. The number of methoxy groups -OCH3 is 1. The Morgan fingerprint density at radius 2 is 1.44 bits per heavy atom. The topological polar surface area (TPSA) is 9.23 Å². The summed E-state index contributed by atoms with van der Waals surface area (Å²) in [4.78, 5) is 0. The second-order valence-corrected chi connectivity index (χ2v) is 8.13. The maximum Gasteiger partial charge on any atom is 0.130 e. The van der Waals surface area contributed by atoms with Gasteiger partial charge in [0.15, 0.2) is 0 Å². The SMILES string of the molecule is CCc1cc(Cc2ccccc2)c(OC)c(/C(=C/c2ccccc2C)c2ccccc2)c1. The zero-order valence-corrected chi connectivity index (χ0v) is 19.1. The summed E-state index contributed by atoms with van der Waals surface area (Å²) in [5.74, 6) is 0.953. The molecule has 0 aromatic heterocycles. The van der Waals surface area contributed by atoms with Gasteiger partial charge in [-0.2, -0.15) is 0 Å². The van der Waals surface area contributed by atoms with E-state index in [1.165, 1.54) is 39.0 Å². The molecule has 0 spiro atoms. The van der Waals surface area contributed by atoms with Crippen LogP contribution in [-0.4, -0.2) is 7.11 Å². The third-order valence-corrected chi connectivity index (χ3v) is 5.94. The predicted octanol–water partition coefficient (Wildman–Crippen LogP) is 7.75. The monoisotopic (exact) mass is 418 g/mol. The highest BCUT2D eigenvalue weighted by Gasteiger charge is 2.17. The lowest BCUT2D eigenvalue weighted by atomic mass is 9.89. The van der Waals surface area contributed by atoms with Crippen molar-refractivity contribution in [2.45, 2.75) is 26.7 Å². The van der Waals surface area contributed by atoms with Crippen molar-refractivity contribution >= 4 is 11.6 Å². The molecule has 0 N–H and O–H groups in total. The average Bonchev–Trinajstić information content (AvgIpc) is 2.84. The van der Waals surface area contributed by atoms with Gasteiger partial charge in [-0.3, -0.25) is 0 Å². The van der Waals surface area contributed by atoms with E-state index in [0.29, 0.717) is 0 Å². The van der Waals surface area contributed by atoms with E-state index < -0.39 is 0 Å². The maximum atomic E-state index is 6.08. The fourth-order valence-electron chi connectivity index (χ4n) is 4.19. The molecule has 0 atom stereocenters. The summed E-state index contributed by atoms with van der Waals surface area (Å²) >= 11 is 0. The number of ether oxygens (including phenoxy) is 1. The second kappa shape index (κ2) is 10.2. The summed E-state index contributed by atoms with van der Waals surface area (Å²) in [7, 11) is 1.79. The largest absolute Gasteiger partial charge is 0.496 e. The van der Waals surface area contributed by atoms with E-state index >= 15 is 0 Å². The van der Waals surface area contributed by atoms with E-state index in [2.05, 4.69) is 117 Å². The van der Waals surface area contributed by atoms with Crippen LogP contribution in [-0.2, 0) is 12.8 Å². The van der Waals surface area contributed by atoms with Crippen molar-refractivity contribution in [3.8, 4) is 5.75 Å². The van der Waals surface area contributed by atoms with Gasteiger partial charge in [0.25, 0.3) is 0 Å². The predicted molar refractivity (Wildman–Crippen MR) is 136 cm³/mol. The van der Waals surface area contributed by atoms with Gasteiger partial charge < -0.3 is 4.74 Å². The molecule has 0 aliphatic rings. The van der Waals surface area contributed by atoms with Crippen molar-refractivity contribution < 1.29 is 4.74 Å². The van der Waals surface area contributed by atoms with Gasteiger partial charge >= 0.3 is 0 Å². The summed E-state index contributed by atoms with van der Waals surface area (Å²) in [5.41, 5.74) is 9.82. The first-order valence-electron chi connectivity index (χ1n) is 11.3. The van der Waals surface area contributed by atoms with Crippen molar-refractivity contribution in [2.75, 3.05) is 7.11 Å². The third-order valence-electron chi connectivity index (χ3n) is 5.94. The van der Waals surface area contributed by atoms with E-state index in [4.69, 9.17) is 4.74 Å². The molecule has 0 aliphatic heterocycles. The van der Waals surface area contributed by atoms with Gasteiger partial charge in [0.1, 0.15) is 5.75 Å². The molecule has 0 unspecified atom stereocenters. The van der Waals surface area contributed by atoms with Gasteiger partial charge in [-0.1, -0.05) is 97.9 Å². The summed E-state index contributed by atoms with van der Waals surface area (Å²) in [6, 6.07) is 34.4. The molecule has 0 fully saturated rings. The Morgan fingerprint density at radius 3 is 2.09 bits per heavy atom. The smallest absolute Gasteiger partial charge is 0.130 e. The van der Waals surface area contributed by atoms with Gasteiger partial charge in [-0.15, -0.1) is 0 Å². The first-order chi connectivity index (χ1) is 15.7. The number of benzene rings is 4. The molecule has 0 radical (unpaired) electrons. The van der Waals surface area contributed by atoms with E-state index in [1.807, 2.05) is 0 Å². The minimum absolute atomic E-state index is 0.845. The van der Waals surface area contributed by atoms with Gasteiger partial charge in [-0.05, 0) is 64.4 Å². The molecule has 1 nitrogen and oxygen atoms in total. The Labute approximate surface area is 192 Å². The standard InChI is InChI=1S/C31H30O/c1-4-24-19-28(20-25-14-7-5-8-15-25)31(32-3)30(21-24)29(26-16-9-6-10-17-26)22-27-18-12-11-13-23(27)2/h5-19,21-22H,4,20H2,1-3H3/b29-22+. The molecular weight excluding hydrogens is 388 g/mol. The van der Waals surface area contributed by atoms with Crippen molar-refractivity contribution in [2.24, 2.45) is 0 Å². The molecule has 0 amide bonds. The quantitative estimate of drug-likeness (QED) is 0.279. The molecule has 32 heavy (non-hydrogen) atoms. The zero-order chi connectivity index (χ0) is 22.3. The molecule has 160 valence electrons. The second-order valence-electron chi connectivity index (χ2n) is 8.13. The molecule has 0 saturated heterocycles. The van der Waals surface area contributed by atoms with Crippen LogP contribution in [0.15, 0.2) is 97.1 Å². The third kappa shape index (κ3) is 4.84. The molecule has 4 aromatic rings. The molecule has 1 heteroatoms. The molecule has 0 heterocycles. The first-order valence-corrected chi connectivity index (χ1v) is 11.3. The Balaban J connectivity index is 1.94. The number of rotatable bonds is 7. The highest BCUT2D eigenvalue weighted by Crippen LogP contribution is 2.37. The van der Waals surface area contributed by atoms with Crippen LogP contribution in [0.1, 0.15) is 45.9 Å². The Morgan fingerprint density at radius 1 is 0.781 bits per heavy atom. The summed E-state index contributed by atoms with van der Waals surface area (Å²) in [5, 5.41) is 0. The van der Waals surface area contributed by atoms with Crippen LogP contribution in [0.3, 0.4) is 0 Å². The van der Waals surface area contributed by atoms with Crippen LogP contribution >= 0.6 is 0 Å². The van der Waals surface area contributed by atoms with Crippen LogP contribution in [0, 0.1) is 6.92 Å². The molecule has 4 aromatic carbocycles. The van der Waals surface area contributed by atoms with Crippen molar-refractivity contribution in [1.82, 2.24) is 0 Å². The van der Waals surface area contributed by atoms with E-state index in [9.17, 15) is 0 Å². The average molecular weight is 419 g/mol. The van der Waals surface area contributed by atoms with Crippen LogP contribution < -0.4 is 4.74 Å². The molecule has 0 aliphatic carbocycles. The molecule has 4 rings (SSSR count). The maximum absolute atomic E-state index is 6.08. The zero-order valence-electron chi connectivity index (χ0n) is 19.1. The number of hydrogen-bond donors (Lipinski definition) is 0. The molecule has 0 saturated carbocycles. The first kappa shape index (κ1) is 21.6. The fraction of sp³-hybridized carbons (Fsp3) is 0.161. The number of hydrogen-bond acceptors (Lipinski definition) is 1. The van der Waals surface area contributed by atoms with Gasteiger partial charge in [0.05, 0.1) is 7.11 Å². The minimum Gasteiger partial charge on any atom is -0.496 e. The summed E-state index contributed by atoms with van der Waals surface area (Å²) in [6.45, 7) is 4.38. The van der Waals surface area contributed by atoms with E-state index in [-0.39, 0.29) is 0 Å². The fourth-order valence-corrected chi connectivity index (χ4v) is 4.19. The van der Waals surface area contributed by atoms with Gasteiger partial charge in [0, 0.05) is 12.0 Å².